The van der Waals surface area contributed by atoms with Crippen LogP contribution in [0.2, 0.25) is 5.02 Å². The molecule has 0 unspecified atom stereocenters. The zero-order valence-electron chi connectivity index (χ0n) is 17.3. The molecule has 5 nitrogen and oxygen atoms in total. The molecule has 2 aromatic heterocycles. The molecule has 0 saturated heterocycles. The van der Waals surface area contributed by atoms with E-state index in [9.17, 15) is 4.79 Å². The van der Waals surface area contributed by atoms with Gasteiger partial charge in [-0.15, -0.1) is 10.2 Å². The molecule has 0 aliphatic heterocycles. The summed E-state index contributed by atoms with van der Waals surface area (Å²) in [6, 6.07) is 24.7. The van der Waals surface area contributed by atoms with Crippen molar-refractivity contribution in [1.82, 2.24) is 19.7 Å². The van der Waals surface area contributed by atoms with Gasteiger partial charge in [-0.1, -0.05) is 89.7 Å². The monoisotopic (exact) mass is 468 g/mol. The van der Waals surface area contributed by atoms with Crippen LogP contribution in [0.15, 0.2) is 83.7 Å². The molecule has 7 heteroatoms. The van der Waals surface area contributed by atoms with Crippen molar-refractivity contribution in [2.45, 2.75) is 0 Å². The second-order valence-electron chi connectivity index (χ2n) is 7.18. The highest BCUT2D eigenvalue weighted by molar-refractivity contribution is 7.14. The molecule has 0 N–H and O–H groups in total. The van der Waals surface area contributed by atoms with Crippen molar-refractivity contribution in [3.63, 3.8) is 0 Å². The number of halogens is 1. The average molecular weight is 469 g/mol. The van der Waals surface area contributed by atoms with Gasteiger partial charge in [0.1, 0.15) is 10.8 Å². The number of para-hydroxylation sites is 1. The van der Waals surface area contributed by atoms with E-state index >= 15 is 0 Å². The summed E-state index contributed by atoms with van der Waals surface area (Å²) in [5.41, 5.74) is 2.39. The molecule has 5 rings (SSSR count). The van der Waals surface area contributed by atoms with Crippen molar-refractivity contribution in [1.29, 1.82) is 0 Å². The Morgan fingerprint density at radius 1 is 0.788 bits per heavy atom. The van der Waals surface area contributed by atoms with E-state index in [1.807, 2.05) is 91.0 Å². The molecule has 0 amide bonds. The fourth-order valence-electron chi connectivity index (χ4n) is 3.34. The van der Waals surface area contributed by atoms with Crippen LogP contribution in [0.1, 0.15) is 22.0 Å². The van der Waals surface area contributed by atoms with Gasteiger partial charge < -0.3 is 0 Å². The second-order valence-corrected chi connectivity index (χ2v) is 8.61. The Morgan fingerprint density at radius 2 is 1.55 bits per heavy atom. The molecule has 5 aromatic rings. The molecule has 0 aliphatic rings. The molecule has 3 aromatic carbocycles. The minimum Gasteiger partial charge on any atom is -0.268 e. The minimum atomic E-state index is -0.193. The lowest BCUT2D eigenvalue weighted by molar-refractivity contribution is 0.896. The fourth-order valence-corrected chi connectivity index (χ4v) is 4.30. The van der Waals surface area contributed by atoms with E-state index in [0.29, 0.717) is 31.9 Å². The van der Waals surface area contributed by atoms with E-state index in [1.165, 1.54) is 15.9 Å². The quantitative estimate of drug-likeness (QED) is 0.306. The first kappa shape index (κ1) is 21.0. The largest absolute Gasteiger partial charge is 0.268 e. The van der Waals surface area contributed by atoms with Crippen LogP contribution in [0, 0.1) is 0 Å². The SMILES string of the molecule is O=c1c2ccccc2nc(/C=C/c2cccc(Cl)c2)n1-c1nnc(/C=C/c2ccccc2)s1. The average Bonchev–Trinajstić information content (AvgIpc) is 3.31. The molecular formula is C26H17ClN4OS. The van der Waals surface area contributed by atoms with Crippen LogP contribution in [0.4, 0.5) is 0 Å². The van der Waals surface area contributed by atoms with Crippen LogP contribution in [-0.2, 0) is 0 Å². The Balaban J connectivity index is 1.59. The maximum Gasteiger partial charge on any atom is 0.268 e. The van der Waals surface area contributed by atoms with Crippen molar-refractivity contribution < 1.29 is 0 Å². The summed E-state index contributed by atoms with van der Waals surface area (Å²) in [4.78, 5) is 18.1. The van der Waals surface area contributed by atoms with Gasteiger partial charge in [0.2, 0.25) is 5.13 Å². The topological polar surface area (TPSA) is 60.7 Å². The molecule has 0 bridgehead atoms. The number of benzene rings is 3. The summed E-state index contributed by atoms with van der Waals surface area (Å²) in [5.74, 6) is 0.466. The Hall–Kier alpha value is -3.87. The third-order valence-electron chi connectivity index (χ3n) is 4.91. The van der Waals surface area contributed by atoms with Crippen LogP contribution in [-0.4, -0.2) is 19.7 Å². The van der Waals surface area contributed by atoms with Gasteiger partial charge in [-0.05, 0) is 47.5 Å². The fraction of sp³-hybridized carbons (Fsp3) is 0. The highest BCUT2D eigenvalue weighted by Crippen LogP contribution is 2.20. The minimum absolute atomic E-state index is 0.193. The van der Waals surface area contributed by atoms with E-state index in [4.69, 9.17) is 16.6 Å². The van der Waals surface area contributed by atoms with Gasteiger partial charge in [0.25, 0.3) is 5.56 Å². The zero-order chi connectivity index (χ0) is 22.6. The zero-order valence-corrected chi connectivity index (χ0v) is 18.9. The summed E-state index contributed by atoms with van der Waals surface area (Å²) in [5, 5.41) is 10.8. The first-order valence-corrected chi connectivity index (χ1v) is 11.4. The van der Waals surface area contributed by atoms with Crippen LogP contribution in [0.25, 0.3) is 40.3 Å². The smallest absolute Gasteiger partial charge is 0.268 e. The number of nitrogens with zero attached hydrogens (tertiary/aromatic N) is 4. The lowest BCUT2D eigenvalue weighted by atomic mass is 10.2. The predicted molar refractivity (Wildman–Crippen MR) is 137 cm³/mol. The first-order valence-electron chi connectivity index (χ1n) is 10.2. The van der Waals surface area contributed by atoms with E-state index < -0.39 is 0 Å². The summed E-state index contributed by atoms with van der Waals surface area (Å²) in [7, 11) is 0. The summed E-state index contributed by atoms with van der Waals surface area (Å²) < 4.78 is 1.50. The van der Waals surface area contributed by atoms with Crippen LogP contribution >= 0.6 is 22.9 Å². The van der Waals surface area contributed by atoms with E-state index in [2.05, 4.69) is 10.2 Å². The van der Waals surface area contributed by atoms with Crippen molar-refractivity contribution >= 4 is 58.1 Å². The first-order chi connectivity index (χ1) is 16.2. The Bertz CT molecular complexity index is 1550. The summed E-state index contributed by atoms with van der Waals surface area (Å²) in [6.07, 6.45) is 7.51. The van der Waals surface area contributed by atoms with Crippen molar-refractivity contribution in [3.8, 4) is 5.13 Å². The lowest BCUT2D eigenvalue weighted by Crippen LogP contribution is -2.22. The molecular weight excluding hydrogens is 452 g/mol. The van der Waals surface area contributed by atoms with E-state index in [-0.39, 0.29) is 5.56 Å². The molecule has 0 saturated carbocycles. The molecule has 2 heterocycles. The molecule has 33 heavy (non-hydrogen) atoms. The predicted octanol–water partition coefficient (Wildman–Crippen LogP) is 6.23. The molecule has 0 fully saturated rings. The third-order valence-corrected chi connectivity index (χ3v) is 6.02. The highest BCUT2D eigenvalue weighted by Gasteiger charge is 2.14. The Morgan fingerprint density at radius 3 is 2.39 bits per heavy atom. The number of hydrogen-bond donors (Lipinski definition) is 0. The third kappa shape index (κ3) is 4.67. The van der Waals surface area contributed by atoms with Crippen LogP contribution in [0.3, 0.4) is 0 Å². The molecule has 0 atom stereocenters. The normalized spacial score (nSPS) is 11.7. The summed E-state index contributed by atoms with van der Waals surface area (Å²) >= 11 is 7.43. The van der Waals surface area contributed by atoms with E-state index in [0.717, 1.165) is 11.1 Å². The van der Waals surface area contributed by atoms with Gasteiger partial charge in [0.05, 0.1) is 10.9 Å². The number of hydrogen-bond acceptors (Lipinski definition) is 5. The highest BCUT2D eigenvalue weighted by atomic mass is 35.5. The van der Waals surface area contributed by atoms with Gasteiger partial charge in [-0.3, -0.25) is 4.79 Å². The van der Waals surface area contributed by atoms with Gasteiger partial charge >= 0.3 is 0 Å². The van der Waals surface area contributed by atoms with E-state index in [1.54, 1.807) is 12.1 Å². The lowest BCUT2D eigenvalue weighted by Gasteiger charge is -2.07. The van der Waals surface area contributed by atoms with Crippen LogP contribution in [0.5, 0.6) is 0 Å². The van der Waals surface area contributed by atoms with Crippen molar-refractivity contribution in [2.75, 3.05) is 0 Å². The maximum atomic E-state index is 13.4. The standard InChI is InChI=1S/C26H17ClN4OS/c27-20-10-6-9-19(17-20)13-15-23-28-22-12-5-4-11-21(22)25(32)31(23)26-30-29-24(33-26)16-14-18-7-2-1-3-8-18/h1-17H/b15-13+,16-14+. The van der Waals surface area contributed by atoms with Gasteiger partial charge in [-0.25, -0.2) is 9.55 Å². The molecule has 0 spiro atoms. The molecule has 0 radical (unpaired) electrons. The molecule has 0 aliphatic carbocycles. The van der Waals surface area contributed by atoms with Gasteiger partial charge in [0.15, 0.2) is 0 Å². The second kappa shape index (κ2) is 9.32. The van der Waals surface area contributed by atoms with Crippen molar-refractivity contribution in [2.24, 2.45) is 0 Å². The Labute approximate surface area is 199 Å². The summed E-state index contributed by atoms with van der Waals surface area (Å²) in [6.45, 7) is 0. The van der Waals surface area contributed by atoms with Crippen molar-refractivity contribution in [3.05, 3.63) is 116 Å². The molecule has 160 valence electrons. The number of aromatic nitrogens is 4. The van der Waals surface area contributed by atoms with Crippen LogP contribution < -0.4 is 5.56 Å². The van der Waals surface area contributed by atoms with Gasteiger partial charge in [-0.2, -0.15) is 0 Å². The number of rotatable bonds is 5. The number of fused-ring (bicyclic) bond motifs is 1. The maximum absolute atomic E-state index is 13.4. The van der Waals surface area contributed by atoms with Gasteiger partial charge in [0, 0.05) is 5.02 Å². The Kier molecular flexibility index (Phi) is 5.93.